The molecule has 0 aromatic rings. The van der Waals surface area contributed by atoms with Crippen LogP contribution in [0.5, 0.6) is 0 Å². The van der Waals surface area contributed by atoms with Gasteiger partial charge in [0.25, 0.3) is 0 Å². The average Bonchev–Trinajstić information content (AvgIpc) is 2.73. The lowest BCUT2D eigenvalue weighted by molar-refractivity contribution is 0.196. The van der Waals surface area contributed by atoms with Crippen LogP contribution in [-0.4, -0.2) is 11.7 Å². The maximum absolute atomic E-state index is 9.64. The molecule has 3 rings (SSSR count). The Morgan fingerprint density at radius 1 is 1.31 bits per heavy atom. The topological polar surface area (TPSA) is 20.2 Å². The Bertz CT molecular complexity index is 343. The van der Waals surface area contributed by atoms with Crippen molar-refractivity contribution >= 4 is 0 Å². The molecule has 90 valence electrons. The van der Waals surface area contributed by atoms with Crippen LogP contribution < -0.4 is 0 Å². The minimum absolute atomic E-state index is 0.235. The molecule has 5 atom stereocenters. The largest absolute Gasteiger partial charge is 0.396 e. The molecule has 0 amide bonds. The summed E-state index contributed by atoms with van der Waals surface area (Å²) in [6.45, 7) is 7.46. The fraction of sp³-hybridized carbons (Fsp3) is 0.867. The lowest BCUT2D eigenvalue weighted by atomic mass is 9.82. The third-order valence-corrected chi connectivity index (χ3v) is 5.87. The van der Waals surface area contributed by atoms with Crippen molar-refractivity contribution < 1.29 is 5.11 Å². The molecule has 0 spiro atoms. The van der Waals surface area contributed by atoms with Crippen LogP contribution in [0.15, 0.2) is 11.1 Å². The zero-order valence-corrected chi connectivity index (χ0v) is 10.8. The Morgan fingerprint density at radius 3 is 2.75 bits per heavy atom. The fourth-order valence-electron chi connectivity index (χ4n) is 4.66. The minimum atomic E-state index is 0.235. The zero-order chi connectivity index (χ0) is 11.5. The number of hydrogen-bond donors (Lipinski definition) is 1. The van der Waals surface area contributed by atoms with Gasteiger partial charge in [-0.25, -0.2) is 0 Å². The predicted molar refractivity (Wildman–Crippen MR) is 66.0 cm³/mol. The van der Waals surface area contributed by atoms with E-state index < -0.39 is 0 Å². The van der Waals surface area contributed by atoms with Gasteiger partial charge in [0.1, 0.15) is 0 Å². The van der Waals surface area contributed by atoms with E-state index in [-0.39, 0.29) is 5.41 Å². The Hall–Kier alpha value is -0.300. The van der Waals surface area contributed by atoms with E-state index in [1.807, 2.05) is 0 Å². The number of aliphatic hydroxyl groups excluding tert-OH is 1. The summed E-state index contributed by atoms with van der Waals surface area (Å²) in [5.74, 6) is 3.24. The van der Waals surface area contributed by atoms with Gasteiger partial charge in [0.2, 0.25) is 0 Å². The summed E-state index contributed by atoms with van der Waals surface area (Å²) in [6.07, 6.45) is 5.41. The second-order valence-corrected chi connectivity index (χ2v) is 6.68. The monoisotopic (exact) mass is 220 g/mol. The first-order valence-corrected chi connectivity index (χ1v) is 6.90. The summed E-state index contributed by atoms with van der Waals surface area (Å²) in [5, 5.41) is 9.64. The molecular weight excluding hydrogens is 196 g/mol. The number of hydrogen-bond acceptors (Lipinski definition) is 1. The van der Waals surface area contributed by atoms with E-state index in [0.717, 1.165) is 23.7 Å². The highest BCUT2D eigenvalue weighted by Crippen LogP contribution is 2.69. The molecule has 0 bridgehead atoms. The van der Waals surface area contributed by atoms with Gasteiger partial charge in [0, 0.05) is 12.0 Å². The highest BCUT2D eigenvalue weighted by molar-refractivity contribution is 5.35. The maximum atomic E-state index is 9.64. The first kappa shape index (κ1) is 10.8. The van der Waals surface area contributed by atoms with Gasteiger partial charge in [-0.3, -0.25) is 0 Å². The highest BCUT2D eigenvalue weighted by Gasteiger charge is 2.64. The van der Waals surface area contributed by atoms with Crippen molar-refractivity contribution in [3.05, 3.63) is 11.1 Å². The van der Waals surface area contributed by atoms with Gasteiger partial charge in [0.15, 0.2) is 0 Å². The van der Waals surface area contributed by atoms with Crippen LogP contribution in [0.2, 0.25) is 0 Å². The quantitative estimate of drug-likeness (QED) is 0.672. The van der Waals surface area contributed by atoms with Gasteiger partial charge in [-0.05, 0) is 56.3 Å². The zero-order valence-electron chi connectivity index (χ0n) is 10.8. The van der Waals surface area contributed by atoms with Crippen LogP contribution in [0.3, 0.4) is 0 Å². The van der Waals surface area contributed by atoms with Crippen molar-refractivity contribution in [1.82, 2.24) is 0 Å². The second-order valence-electron chi connectivity index (χ2n) is 6.68. The molecule has 1 heteroatoms. The Kier molecular flexibility index (Phi) is 2.27. The molecule has 3 aliphatic carbocycles. The van der Waals surface area contributed by atoms with Crippen LogP contribution in [0, 0.1) is 29.1 Å². The molecule has 0 heterocycles. The minimum Gasteiger partial charge on any atom is -0.396 e. The lowest BCUT2D eigenvalue weighted by Gasteiger charge is -2.23. The molecule has 0 aromatic carbocycles. The van der Waals surface area contributed by atoms with E-state index in [4.69, 9.17) is 0 Å². The van der Waals surface area contributed by atoms with Crippen LogP contribution >= 0.6 is 0 Å². The summed E-state index contributed by atoms with van der Waals surface area (Å²) in [4.78, 5) is 0. The van der Waals surface area contributed by atoms with Crippen molar-refractivity contribution in [2.45, 2.75) is 46.5 Å². The summed E-state index contributed by atoms with van der Waals surface area (Å²) < 4.78 is 0. The predicted octanol–water partition coefficient (Wildman–Crippen LogP) is 3.39. The Balaban J connectivity index is 1.98. The summed E-state index contributed by atoms with van der Waals surface area (Å²) >= 11 is 0. The van der Waals surface area contributed by atoms with Gasteiger partial charge >= 0.3 is 0 Å². The molecule has 0 aromatic heterocycles. The van der Waals surface area contributed by atoms with Crippen molar-refractivity contribution in [3.8, 4) is 0 Å². The van der Waals surface area contributed by atoms with Crippen LogP contribution in [0.25, 0.3) is 0 Å². The Labute approximate surface area is 98.9 Å². The van der Waals surface area contributed by atoms with Gasteiger partial charge in [-0.15, -0.1) is 0 Å². The van der Waals surface area contributed by atoms with Crippen molar-refractivity contribution in [2.24, 2.45) is 29.1 Å². The van der Waals surface area contributed by atoms with Crippen LogP contribution in [0.1, 0.15) is 46.5 Å². The van der Waals surface area contributed by atoms with Gasteiger partial charge in [0.05, 0.1) is 0 Å². The average molecular weight is 220 g/mol. The standard InChI is InChI=1S/C15H24O/c1-9-5-7-12-14(15(12,3)8-16)13-10(2)4-6-11(9)13/h9,11-12,14,16H,4-8H2,1-3H3/t9-,11-,12-,14-,15?/m0/s1. The number of allylic oxidation sites excluding steroid dienone is 2. The molecule has 0 saturated heterocycles. The van der Waals surface area contributed by atoms with Gasteiger partial charge in [-0.2, -0.15) is 0 Å². The van der Waals surface area contributed by atoms with Crippen LogP contribution in [0.4, 0.5) is 0 Å². The second kappa shape index (κ2) is 3.35. The lowest BCUT2D eigenvalue weighted by Crippen LogP contribution is -2.16. The van der Waals surface area contributed by atoms with E-state index >= 15 is 0 Å². The summed E-state index contributed by atoms with van der Waals surface area (Å²) in [6, 6.07) is 0. The summed E-state index contributed by atoms with van der Waals surface area (Å²) in [7, 11) is 0. The van der Waals surface area contributed by atoms with Gasteiger partial charge < -0.3 is 5.11 Å². The smallest absolute Gasteiger partial charge is 0.0493 e. The molecule has 1 N–H and O–H groups in total. The number of fused-ring (bicyclic) bond motifs is 3. The van der Waals surface area contributed by atoms with E-state index in [2.05, 4.69) is 20.8 Å². The fourth-order valence-corrected chi connectivity index (χ4v) is 4.66. The summed E-state index contributed by atoms with van der Waals surface area (Å²) in [5.41, 5.74) is 3.66. The Morgan fingerprint density at radius 2 is 2.06 bits per heavy atom. The first-order valence-electron chi connectivity index (χ1n) is 6.90. The number of aliphatic hydroxyl groups is 1. The van der Waals surface area contributed by atoms with E-state index in [9.17, 15) is 5.11 Å². The molecular formula is C15H24O. The molecule has 0 aliphatic heterocycles. The van der Waals surface area contributed by atoms with E-state index in [1.54, 1.807) is 11.1 Å². The third-order valence-electron chi connectivity index (χ3n) is 5.87. The molecule has 16 heavy (non-hydrogen) atoms. The van der Waals surface area contributed by atoms with E-state index in [0.29, 0.717) is 6.61 Å². The molecule has 1 nitrogen and oxygen atoms in total. The molecule has 3 aliphatic rings. The van der Waals surface area contributed by atoms with Crippen LogP contribution in [-0.2, 0) is 0 Å². The van der Waals surface area contributed by atoms with E-state index in [1.165, 1.54) is 25.7 Å². The molecule has 2 saturated carbocycles. The third kappa shape index (κ3) is 1.21. The van der Waals surface area contributed by atoms with Crippen molar-refractivity contribution in [1.29, 1.82) is 0 Å². The molecule has 0 radical (unpaired) electrons. The first-order chi connectivity index (χ1) is 7.59. The van der Waals surface area contributed by atoms with Crippen molar-refractivity contribution in [3.63, 3.8) is 0 Å². The van der Waals surface area contributed by atoms with Crippen molar-refractivity contribution in [2.75, 3.05) is 6.61 Å². The highest BCUT2D eigenvalue weighted by atomic mass is 16.3. The molecule has 1 unspecified atom stereocenters. The maximum Gasteiger partial charge on any atom is 0.0493 e. The van der Waals surface area contributed by atoms with Gasteiger partial charge in [-0.1, -0.05) is 25.0 Å². The normalized spacial score (nSPS) is 51.0. The SMILES string of the molecule is CC1=C2[C@@H](CC1)[C@@H](C)CC[C@H]1[C@@H]2C1(C)CO. The molecule has 2 fully saturated rings. The number of rotatable bonds is 1.